The number of hydrogen-bond donors (Lipinski definition) is 2. The van der Waals surface area contributed by atoms with E-state index in [4.69, 9.17) is 4.11 Å². The van der Waals surface area contributed by atoms with Gasteiger partial charge in [0.25, 0.3) is 0 Å². The Morgan fingerprint density at radius 1 is 1.16 bits per heavy atom. The molecule has 0 spiro atoms. The molecular formula is C24H29N5O3. The molecule has 8 nitrogen and oxygen atoms in total. The number of nitrogens with one attached hydrogen (secondary N) is 1. The summed E-state index contributed by atoms with van der Waals surface area (Å²) in [5.41, 5.74) is 3.25. The maximum atomic E-state index is 13.0. The minimum Gasteiger partial charge on any atom is -0.480 e. The second kappa shape index (κ2) is 10.7. The minimum atomic E-state index is -2.52. The fourth-order valence-electron chi connectivity index (χ4n) is 3.62. The molecule has 1 unspecified atom stereocenters. The van der Waals surface area contributed by atoms with Gasteiger partial charge >= 0.3 is 5.97 Å². The summed E-state index contributed by atoms with van der Waals surface area (Å²) >= 11 is 0. The highest BCUT2D eigenvalue weighted by molar-refractivity contribution is 5.84. The van der Waals surface area contributed by atoms with Gasteiger partial charge in [0.05, 0.1) is 0 Å². The molecule has 2 atom stereocenters. The Labute approximate surface area is 191 Å². The molecule has 1 heterocycles. The maximum Gasteiger partial charge on any atom is 0.326 e. The van der Waals surface area contributed by atoms with Crippen LogP contribution in [-0.4, -0.2) is 48.5 Å². The van der Waals surface area contributed by atoms with Gasteiger partial charge in [-0.05, 0) is 34.2 Å². The highest BCUT2D eigenvalue weighted by Gasteiger charge is 2.32. The van der Waals surface area contributed by atoms with Gasteiger partial charge in [0, 0.05) is 22.6 Å². The Bertz CT molecular complexity index is 1130. The zero-order valence-corrected chi connectivity index (χ0v) is 18.2. The molecule has 3 aromatic rings. The van der Waals surface area contributed by atoms with Crippen molar-refractivity contribution >= 4 is 11.9 Å². The Kier molecular flexibility index (Phi) is 6.38. The average molecular weight is 439 g/mol. The molecule has 8 heteroatoms. The number of benzene rings is 2. The van der Waals surface area contributed by atoms with Gasteiger partial charge in [-0.2, -0.15) is 5.21 Å². The summed E-state index contributed by atoms with van der Waals surface area (Å²) in [4.78, 5) is 26.3. The molecule has 32 heavy (non-hydrogen) atoms. The van der Waals surface area contributed by atoms with E-state index in [-0.39, 0.29) is 18.9 Å². The number of aliphatic carboxylic acids is 1. The van der Waals surface area contributed by atoms with Crippen LogP contribution in [0.4, 0.5) is 0 Å². The Morgan fingerprint density at radius 2 is 1.88 bits per heavy atom. The molecule has 0 fully saturated rings. The van der Waals surface area contributed by atoms with Crippen LogP contribution in [-0.2, 0) is 16.1 Å². The summed E-state index contributed by atoms with van der Waals surface area (Å²) in [5.74, 6) is -2.47. The first-order valence-corrected chi connectivity index (χ1v) is 10.6. The van der Waals surface area contributed by atoms with Gasteiger partial charge in [-0.15, -0.1) is 10.2 Å². The smallest absolute Gasteiger partial charge is 0.326 e. The molecule has 168 valence electrons. The molecule has 0 aliphatic carbocycles. The highest BCUT2D eigenvalue weighted by atomic mass is 16.4. The Balaban J connectivity index is 1.92. The monoisotopic (exact) mass is 438 g/mol. The first-order valence-electron chi connectivity index (χ1n) is 12.1. The van der Waals surface area contributed by atoms with Crippen LogP contribution in [0.1, 0.15) is 49.6 Å². The number of H-pyrrole nitrogens is 1. The van der Waals surface area contributed by atoms with Crippen molar-refractivity contribution in [3.8, 4) is 22.5 Å². The molecule has 1 aromatic heterocycles. The van der Waals surface area contributed by atoms with Gasteiger partial charge in [0.1, 0.15) is 6.04 Å². The molecule has 0 radical (unpaired) electrons. The number of aromatic amines is 1. The van der Waals surface area contributed by atoms with Gasteiger partial charge in [0.15, 0.2) is 0 Å². The minimum absolute atomic E-state index is 0.00724. The molecule has 1 amide bonds. The van der Waals surface area contributed by atoms with Crippen LogP contribution in [0.5, 0.6) is 0 Å². The van der Waals surface area contributed by atoms with Crippen LogP contribution in [0, 0.1) is 5.92 Å². The molecule has 2 aromatic carbocycles. The van der Waals surface area contributed by atoms with Crippen molar-refractivity contribution in [3.05, 3.63) is 54.1 Å². The summed E-state index contributed by atoms with van der Waals surface area (Å²) in [6, 6.07) is 13.5. The van der Waals surface area contributed by atoms with Crippen molar-refractivity contribution in [1.82, 2.24) is 25.5 Å². The predicted octanol–water partition coefficient (Wildman–Crippen LogP) is 4.16. The topological polar surface area (TPSA) is 112 Å². The number of carbonyl (C=O) groups excluding carboxylic acids is 1. The number of hydrogen-bond acceptors (Lipinski definition) is 5. The lowest BCUT2D eigenvalue weighted by Gasteiger charge is -2.32. The van der Waals surface area contributed by atoms with E-state index in [1.54, 1.807) is 12.1 Å². The fraction of sp³-hybridized carbons (Fsp3) is 0.375. The maximum absolute atomic E-state index is 13.0. The zero-order valence-electron chi connectivity index (χ0n) is 21.2. The van der Waals surface area contributed by atoms with E-state index in [0.717, 1.165) is 23.1 Å². The fourth-order valence-corrected chi connectivity index (χ4v) is 3.62. The lowest BCUT2D eigenvalue weighted by atomic mass is 9.97. The summed E-state index contributed by atoms with van der Waals surface area (Å²) in [5, 5.41) is 24.0. The average Bonchev–Trinajstić information content (AvgIpc) is 3.36. The lowest BCUT2D eigenvalue weighted by molar-refractivity contribution is -0.153. The molecule has 2 N–H and O–H groups in total. The van der Waals surface area contributed by atoms with Gasteiger partial charge in [-0.3, -0.25) is 4.79 Å². The normalized spacial score (nSPS) is 14.6. The number of aromatic nitrogens is 4. The van der Waals surface area contributed by atoms with Crippen LogP contribution in [0.15, 0.2) is 48.5 Å². The third kappa shape index (κ3) is 5.38. The van der Waals surface area contributed by atoms with E-state index in [1.807, 2.05) is 43.3 Å². The quantitative estimate of drug-likeness (QED) is 0.491. The van der Waals surface area contributed by atoms with Crippen molar-refractivity contribution in [2.75, 3.05) is 0 Å². The SMILES string of the molecule is [2H]C([2H])([2H])C(C)[C@@H](C(=O)O)N(Cc1ccc(-c2ccccc2-c2nn[nH]n2)cc1)C(=O)CCCC. The largest absolute Gasteiger partial charge is 0.480 e. The second-order valence-corrected chi connectivity index (χ2v) is 7.67. The zero-order chi connectivity index (χ0) is 25.6. The third-order valence-corrected chi connectivity index (χ3v) is 5.26. The van der Waals surface area contributed by atoms with E-state index in [0.29, 0.717) is 17.8 Å². The summed E-state index contributed by atoms with van der Waals surface area (Å²) < 4.78 is 23.2. The molecule has 0 bridgehead atoms. The summed E-state index contributed by atoms with van der Waals surface area (Å²) in [6.45, 7) is 0.758. The van der Waals surface area contributed by atoms with Crippen molar-refractivity contribution < 1.29 is 18.8 Å². The van der Waals surface area contributed by atoms with E-state index < -0.39 is 24.8 Å². The van der Waals surface area contributed by atoms with Crippen molar-refractivity contribution in [1.29, 1.82) is 0 Å². The van der Waals surface area contributed by atoms with Gasteiger partial charge in [-0.1, -0.05) is 75.7 Å². The number of amides is 1. The highest BCUT2D eigenvalue weighted by Crippen LogP contribution is 2.30. The molecule has 0 saturated carbocycles. The number of carboxylic acids is 1. The molecule has 0 saturated heterocycles. The van der Waals surface area contributed by atoms with Crippen molar-refractivity contribution in [3.63, 3.8) is 0 Å². The predicted molar refractivity (Wildman–Crippen MR) is 121 cm³/mol. The van der Waals surface area contributed by atoms with Crippen LogP contribution in [0.2, 0.25) is 0 Å². The van der Waals surface area contributed by atoms with E-state index >= 15 is 0 Å². The van der Waals surface area contributed by atoms with E-state index in [1.165, 1.54) is 11.8 Å². The van der Waals surface area contributed by atoms with Crippen LogP contribution in [0.25, 0.3) is 22.5 Å². The first kappa shape index (κ1) is 19.2. The lowest BCUT2D eigenvalue weighted by Crippen LogP contribution is -2.47. The van der Waals surface area contributed by atoms with E-state index in [2.05, 4.69) is 20.6 Å². The molecule has 0 aliphatic rings. The van der Waals surface area contributed by atoms with Crippen molar-refractivity contribution in [2.45, 2.75) is 52.5 Å². The van der Waals surface area contributed by atoms with Crippen molar-refractivity contribution in [2.24, 2.45) is 5.92 Å². The number of nitrogens with zero attached hydrogens (tertiary/aromatic N) is 4. The van der Waals surface area contributed by atoms with Gasteiger partial charge in [-0.25, -0.2) is 4.79 Å². The van der Waals surface area contributed by atoms with E-state index in [9.17, 15) is 14.7 Å². The molecule has 3 rings (SSSR count). The first-order chi connectivity index (χ1) is 16.6. The Morgan fingerprint density at radius 3 is 2.47 bits per heavy atom. The second-order valence-electron chi connectivity index (χ2n) is 7.67. The molecule has 0 aliphatic heterocycles. The standard InChI is InChI=1S/C24H29N5O3/c1-4-5-10-21(30)29(22(16(2)3)24(31)32)15-17-11-13-18(14-12-17)19-8-6-7-9-20(19)23-25-27-28-26-23/h6-9,11-14,16,22H,4-5,10,15H2,1-3H3,(H,31,32)(H,25,26,27,28)/t22-/m0/s1/i2D3/t16?,22-. The number of carbonyl (C=O) groups is 2. The number of carboxylic acid groups (broad SMARTS) is 1. The number of unbranched alkanes of at least 4 members (excludes halogenated alkanes) is 1. The van der Waals surface area contributed by atoms with Gasteiger partial charge in [0.2, 0.25) is 11.7 Å². The number of tetrazole rings is 1. The summed E-state index contributed by atoms with van der Waals surface area (Å²) in [7, 11) is 0. The summed E-state index contributed by atoms with van der Waals surface area (Å²) in [6.07, 6.45) is 1.51. The number of rotatable bonds is 10. The van der Waals surface area contributed by atoms with Crippen LogP contribution >= 0.6 is 0 Å². The Hall–Kier alpha value is -3.55. The molecular weight excluding hydrogens is 406 g/mol. The van der Waals surface area contributed by atoms with Gasteiger partial charge < -0.3 is 10.0 Å². The van der Waals surface area contributed by atoms with Crippen LogP contribution < -0.4 is 0 Å². The van der Waals surface area contributed by atoms with Crippen LogP contribution in [0.3, 0.4) is 0 Å². The third-order valence-electron chi connectivity index (χ3n) is 5.26.